The van der Waals surface area contributed by atoms with Crippen LogP contribution in [0.15, 0.2) is 66.9 Å². The molecule has 1 atom stereocenters. The molecule has 2 heterocycles. The molecule has 32 heavy (non-hydrogen) atoms. The Morgan fingerprint density at radius 2 is 2.00 bits per heavy atom. The molecule has 0 bridgehead atoms. The lowest BCUT2D eigenvalue weighted by Gasteiger charge is -2.38. The van der Waals surface area contributed by atoms with Crippen molar-refractivity contribution >= 4 is 11.6 Å². The molecule has 3 aromatic rings. The van der Waals surface area contributed by atoms with Crippen molar-refractivity contribution in [2.75, 3.05) is 13.2 Å². The zero-order valence-corrected chi connectivity index (χ0v) is 17.9. The summed E-state index contributed by atoms with van der Waals surface area (Å²) >= 11 is 0. The molecule has 5 rings (SSSR count). The van der Waals surface area contributed by atoms with Crippen LogP contribution in [0.4, 0.5) is 4.39 Å². The van der Waals surface area contributed by atoms with Gasteiger partial charge in [-0.05, 0) is 43.4 Å². The standard InChI is InChI=1S/C26H27FN4O/c27-15-16-29-25(32)20-9-12-22-30-23(24(31(22)17-20)19-5-2-1-3-6-19)18-7-10-21(11-8-18)26(28)13-4-14-26/h1-3,5,7-12,17,19H,4,6,13-16,28H2,(H,29,32). The molecule has 6 heteroatoms. The smallest absolute Gasteiger partial charge is 0.252 e. The number of halogens is 1. The molecular weight excluding hydrogens is 403 g/mol. The second kappa shape index (κ2) is 8.36. The van der Waals surface area contributed by atoms with Gasteiger partial charge in [0.15, 0.2) is 0 Å². The highest BCUT2D eigenvalue weighted by Crippen LogP contribution is 2.40. The van der Waals surface area contributed by atoms with Crippen LogP contribution in [0.25, 0.3) is 16.9 Å². The number of hydrogen-bond acceptors (Lipinski definition) is 3. The molecule has 5 nitrogen and oxygen atoms in total. The number of nitrogens with one attached hydrogen (secondary N) is 1. The van der Waals surface area contributed by atoms with Gasteiger partial charge in [0.2, 0.25) is 0 Å². The molecule has 2 aromatic heterocycles. The number of hydrogen-bond donors (Lipinski definition) is 2. The summed E-state index contributed by atoms with van der Waals surface area (Å²) in [5, 5.41) is 2.60. The number of benzene rings is 1. The first-order valence-corrected chi connectivity index (χ1v) is 11.2. The largest absolute Gasteiger partial charge is 0.349 e. The lowest BCUT2D eigenvalue weighted by atomic mass is 9.72. The monoisotopic (exact) mass is 430 g/mol. The Morgan fingerprint density at radius 1 is 1.19 bits per heavy atom. The van der Waals surface area contributed by atoms with Gasteiger partial charge in [-0.1, -0.05) is 48.6 Å². The predicted octanol–water partition coefficient (Wildman–Crippen LogP) is 4.64. The van der Waals surface area contributed by atoms with E-state index in [-0.39, 0.29) is 23.9 Å². The van der Waals surface area contributed by atoms with Gasteiger partial charge in [0.25, 0.3) is 5.91 Å². The summed E-state index contributed by atoms with van der Waals surface area (Å²) in [4.78, 5) is 17.4. The number of nitrogens with two attached hydrogens (primary N) is 1. The van der Waals surface area contributed by atoms with Crippen molar-refractivity contribution < 1.29 is 9.18 Å². The molecule has 1 unspecified atom stereocenters. The third-order valence-corrected chi connectivity index (χ3v) is 6.61. The van der Waals surface area contributed by atoms with E-state index < -0.39 is 6.67 Å². The van der Waals surface area contributed by atoms with Gasteiger partial charge < -0.3 is 15.5 Å². The molecule has 0 aliphatic heterocycles. The van der Waals surface area contributed by atoms with Crippen LogP contribution in [0.1, 0.15) is 53.2 Å². The first kappa shape index (κ1) is 20.6. The van der Waals surface area contributed by atoms with Crippen molar-refractivity contribution in [1.29, 1.82) is 0 Å². The van der Waals surface area contributed by atoms with Crippen molar-refractivity contribution in [1.82, 2.24) is 14.7 Å². The fourth-order valence-corrected chi connectivity index (χ4v) is 4.62. The third kappa shape index (κ3) is 3.65. The van der Waals surface area contributed by atoms with Crippen LogP contribution in [-0.2, 0) is 5.54 Å². The number of alkyl halides is 1. The van der Waals surface area contributed by atoms with Crippen molar-refractivity contribution in [3.8, 4) is 11.3 Å². The number of rotatable bonds is 6. The van der Waals surface area contributed by atoms with Gasteiger partial charge >= 0.3 is 0 Å². The fraction of sp³-hybridized carbons (Fsp3) is 0.308. The number of aromatic nitrogens is 2. The van der Waals surface area contributed by atoms with E-state index in [9.17, 15) is 9.18 Å². The van der Waals surface area contributed by atoms with E-state index in [0.29, 0.717) is 5.56 Å². The van der Waals surface area contributed by atoms with E-state index in [1.54, 1.807) is 12.3 Å². The van der Waals surface area contributed by atoms with Gasteiger partial charge in [-0.15, -0.1) is 0 Å². The number of pyridine rings is 1. The SMILES string of the molecule is NC1(c2ccc(-c3nc4ccc(C(=O)NCCF)cn4c3C3C=CC=CC3)cc2)CCC1. The van der Waals surface area contributed by atoms with Crippen molar-refractivity contribution in [3.05, 3.63) is 83.7 Å². The molecule has 1 saturated carbocycles. The molecule has 1 fully saturated rings. The summed E-state index contributed by atoms with van der Waals surface area (Å²) in [5.74, 6) is -0.149. The minimum atomic E-state index is -0.590. The van der Waals surface area contributed by atoms with Crippen LogP contribution in [-0.4, -0.2) is 28.5 Å². The van der Waals surface area contributed by atoms with E-state index >= 15 is 0 Å². The minimum absolute atomic E-state index is 0.00401. The van der Waals surface area contributed by atoms with E-state index in [1.165, 1.54) is 12.0 Å². The average Bonchev–Trinajstić information content (AvgIpc) is 3.20. The first-order chi connectivity index (χ1) is 15.6. The highest BCUT2D eigenvalue weighted by molar-refractivity contribution is 5.94. The Morgan fingerprint density at radius 3 is 2.66 bits per heavy atom. The maximum absolute atomic E-state index is 12.5. The molecule has 0 radical (unpaired) electrons. The van der Waals surface area contributed by atoms with Crippen LogP contribution in [0.5, 0.6) is 0 Å². The number of carbonyl (C=O) groups excluding carboxylic acids is 1. The number of carbonyl (C=O) groups is 1. The molecule has 0 spiro atoms. The van der Waals surface area contributed by atoms with Crippen LogP contribution in [0, 0.1) is 0 Å². The van der Waals surface area contributed by atoms with Crippen molar-refractivity contribution in [2.24, 2.45) is 5.73 Å². The summed E-state index contributed by atoms with van der Waals surface area (Å²) < 4.78 is 14.5. The number of nitrogens with zero attached hydrogens (tertiary/aromatic N) is 2. The van der Waals surface area contributed by atoms with E-state index in [2.05, 4.69) is 41.7 Å². The van der Waals surface area contributed by atoms with Crippen LogP contribution < -0.4 is 11.1 Å². The zero-order valence-electron chi connectivity index (χ0n) is 17.9. The predicted molar refractivity (Wildman–Crippen MR) is 124 cm³/mol. The lowest BCUT2D eigenvalue weighted by Crippen LogP contribution is -2.43. The van der Waals surface area contributed by atoms with Gasteiger partial charge in [0.1, 0.15) is 12.3 Å². The molecule has 3 N–H and O–H groups in total. The van der Waals surface area contributed by atoms with Gasteiger partial charge in [0, 0.05) is 29.8 Å². The summed E-state index contributed by atoms with van der Waals surface area (Å²) in [6, 6.07) is 12.0. The van der Waals surface area contributed by atoms with E-state index in [1.807, 2.05) is 22.6 Å². The van der Waals surface area contributed by atoms with Gasteiger partial charge in [-0.3, -0.25) is 4.79 Å². The number of allylic oxidation sites excluding steroid dienone is 4. The van der Waals surface area contributed by atoms with Crippen molar-refractivity contribution in [3.63, 3.8) is 0 Å². The Bertz CT molecular complexity index is 1200. The van der Waals surface area contributed by atoms with Crippen molar-refractivity contribution in [2.45, 2.75) is 37.1 Å². The average molecular weight is 431 g/mol. The summed E-state index contributed by atoms with van der Waals surface area (Å²) in [7, 11) is 0. The van der Waals surface area contributed by atoms with Gasteiger partial charge in [-0.2, -0.15) is 0 Å². The molecular formula is C26H27FN4O. The fourth-order valence-electron chi connectivity index (χ4n) is 4.62. The Hall–Kier alpha value is -3.25. The summed E-state index contributed by atoms with van der Waals surface area (Å²) in [6.45, 7) is -0.586. The zero-order chi connectivity index (χ0) is 22.1. The van der Waals surface area contributed by atoms with E-state index in [0.717, 1.165) is 41.9 Å². The molecule has 1 amide bonds. The third-order valence-electron chi connectivity index (χ3n) is 6.61. The Kier molecular flexibility index (Phi) is 5.39. The topological polar surface area (TPSA) is 72.4 Å². The maximum atomic E-state index is 12.5. The molecule has 1 aromatic carbocycles. The lowest BCUT2D eigenvalue weighted by molar-refractivity contribution is 0.0950. The quantitative estimate of drug-likeness (QED) is 0.599. The second-order valence-corrected chi connectivity index (χ2v) is 8.68. The molecule has 2 aliphatic carbocycles. The Labute approximate surface area is 186 Å². The summed E-state index contributed by atoms with van der Waals surface area (Å²) in [5.41, 5.74) is 11.7. The Balaban J connectivity index is 1.59. The van der Waals surface area contributed by atoms with Gasteiger partial charge in [0.05, 0.1) is 17.0 Å². The first-order valence-electron chi connectivity index (χ1n) is 11.2. The van der Waals surface area contributed by atoms with Crippen LogP contribution >= 0.6 is 0 Å². The maximum Gasteiger partial charge on any atom is 0.252 e. The molecule has 164 valence electrons. The molecule has 2 aliphatic rings. The number of amides is 1. The minimum Gasteiger partial charge on any atom is -0.349 e. The number of fused-ring (bicyclic) bond motifs is 1. The molecule has 0 saturated heterocycles. The normalized spacial score (nSPS) is 19.1. The van der Waals surface area contributed by atoms with Crippen LogP contribution in [0.3, 0.4) is 0 Å². The van der Waals surface area contributed by atoms with E-state index in [4.69, 9.17) is 10.7 Å². The van der Waals surface area contributed by atoms with Crippen LogP contribution in [0.2, 0.25) is 0 Å². The van der Waals surface area contributed by atoms with Gasteiger partial charge in [-0.25, -0.2) is 9.37 Å². The highest BCUT2D eigenvalue weighted by Gasteiger charge is 2.34. The highest BCUT2D eigenvalue weighted by atomic mass is 19.1. The second-order valence-electron chi connectivity index (χ2n) is 8.68. The number of imidazole rings is 1. The summed E-state index contributed by atoms with van der Waals surface area (Å²) in [6.07, 6.45) is 14.3.